The van der Waals surface area contributed by atoms with Gasteiger partial charge in [-0.1, -0.05) is 48.0 Å². The van der Waals surface area contributed by atoms with E-state index in [4.69, 9.17) is 12.2 Å². The molecule has 2 rings (SSSR count). The predicted molar refractivity (Wildman–Crippen MR) is 110 cm³/mol. The van der Waals surface area contributed by atoms with Crippen molar-refractivity contribution in [2.45, 2.75) is 24.8 Å². The van der Waals surface area contributed by atoms with Crippen molar-refractivity contribution in [3.8, 4) is 0 Å². The summed E-state index contributed by atoms with van der Waals surface area (Å²) in [5.41, 5.74) is 4.61. The molecule has 0 aromatic heterocycles. The SMILES string of the molecule is Cc1ccc(S(=O)(=O)CCC(=O)NN(C)C(=S)NCc2ccccc2)cc1. The molecule has 2 aromatic rings. The normalized spacial score (nSPS) is 10.9. The maximum atomic E-state index is 12.3. The fourth-order valence-corrected chi connectivity index (χ4v) is 3.63. The molecule has 0 aliphatic rings. The summed E-state index contributed by atoms with van der Waals surface area (Å²) in [6, 6.07) is 16.3. The Labute approximate surface area is 165 Å². The first-order valence-corrected chi connectivity index (χ1v) is 10.5. The van der Waals surface area contributed by atoms with Gasteiger partial charge in [0, 0.05) is 20.0 Å². The number of nitrogens with zero attached hydrogens (tertiary/aromatic N) is 1. The highest BCUT2D eigenvalue weighted by Crippen LogP contribution is 2.13. The van der Waals surface area contributed by atoms with Crippen molar-refractivity contribution in [3.05, 3.63) is 65.7 Å². The number of rotatable bonds is 6. The van der Waals surface area contributed by atoms with Gasteiger partial charge < -0.3 is 5.32 Å². The summed E-state index contributed by atoms with van der Waals surface area (Å²) in [4.78, 5) is 12.3. The quantitative estimate of drug-likeness (QED) is 0.567. The zero-order valence-corrected chi connectivity index (χ0v) is 16.9. The molecule has 2 aromatic carbocycles. The van der Waals surface area contributed by atoms with Gasteiger partial charge in [0.15, 0.2) is 14.9 Å². The van der Waals surface area contributed by atoms with Crippen molar-refractivity contribution in [1.29, 1.82) is 0 Å². The van der Waals surface area contributed by atoms with Crippen LogP contribution in [0.3, 0.4) is 0 Å². The number of hydrogen-bond acceptors (Lipinski definition) is 4. The number of thiocarbonyl (C=S) groups is 1. The summed E-state index contributed by atoms with van der Waals surface area (Å²) in [5.74, 6) is -0.683. The average molecular weight is 406 g/mol. The van der Waals surface area contributed by atoms with Crippen LogP contribution in [0.1, 0.15) is 17.5 Å². The van der Waals surface area contributed by atoms with Gasteiger partial charge in [-0.3, -0.25) is 15.2 Å². The lowest BCUT2D eigenvalue weighted by atomic mass is 10.2. The van der Waals surface area contributed by atoms with Crippen molar-refractivity contribution >= 4 is 33.1 Å². The third-order valence-corrected chi connectivity index (χ3v) is 6.01. The van der Waals surface area contributed by atoms with Crippen LogP contribution in [0.5, 0.6) is 0 Å². The molecule has 0 bridgehead atoms. The molecule has 0 atom stereocenters. The lowest BCUT2D eigenvalue weighted by molar-refractivity contribution is -0.123. The number of hydrazine groups is 1. The Balaban J connectivity index is 1.80. The fourth-order valence-electron chi connectivity index (χ4n) is 2.28. The van der Waals surface area contributed by atoms with E-state index in [0.29, 0.717) is 11.7 Å². The second-order valence-electron chi connectivity index (χ2n) is 6.12. The Hall–Kier alpha value is -2.45. The molecule has 0 saturated carbocycles. The Morgan fingerprint density at radius 1 is 1.07 bits per heavy atom. The average Bonchev–Trinajstić information content (AvgIpc) is 2.65. The Morgan fingerprint density at radius 3 is 2.33 bits per heavy atom. The highest BCUT2D eigenvalue weighted by molar-refractivity contribution is 7.91. The Kier molecular flexibility index (Phi) is 7.32. The van der Waals surface area contributed by atoms with Gasteiger partial charge in [0.2, 0.25) is 5.91 Å². The molecule has 2 N–H and O–H groups in total. The molecule has 1 amide bonds. The van der Waals surface area contributed by atoms with Crippen LogP contribution in [-0.4, -0.2) is 37.2 Å². The van der Waals surface area contributed by atoms with E-state index in [2.05, 4.69) is 10.7 Å². The van der Waals surface area contributed by atoms with E-state index >= 15 is 0 Å². The number of amides is 1. The number of hydrogen-bond donors (Lipinski definition) is 2. The predicted octanol–water partition coefficient (Wildman–Crippen LogP) is 2.20. The summed E-state index contributed by atoms with van der Waals surface area (Å²) in [5, 5.41) is 4.75. The largest absolute Gasteiger partial charge is 0.357 e. The molecule has 0 radical (unpaired) electrons. The maximum Gasteiger partial charge on any atom is 0.239 e. The molecule has 0 aliphatic heterocycles. The molecule has 0 aliphatic carbocycles. The van der Waals surface area contributed by atoms with Crippen molar-refractivity contribution in [1.82, 2.24) is 15.8 Å². The Morgan fingerprint density at radius 2 is 1.70 bits per heavy atom. The lowest BCUT2D eigenvalue weighted by Crippen LogP contribution is -2.48. The first kappa shape index (κ1) is 20.9. The number of benzene rings is 2. The maximum absolute atomic E-state index is 12.3. The highest BCUT2D eigenvalue weighted by atomic mass is 32.2. The van der Waals surface area contributed by atoms with Crippen molar-refractivity contribution in [2.24, 2.45) is 0 Å². The lowest BCUT2D eigenvalue weighted by Gasteiger charge is -2.21. The summed E-state index contributed by atoms with van der Waals surface area (Å²) < 4.78 is 24.6. The molecule has 8 heteroatoms. The van der Waals surface area contributed by atoms with Crippen molar-refractivity contribution in [2.75, 3.05) is 12.8 Å². The van der Waals surface area contributed by atoms with Gasteiger partial charge in [0.1, 0.15) is 0 Å². The van der Waals surface area contributed by atoms with Gasteiger partial charge in [-0.25, -0.2) is 8.42 Å². The molecule has 144 valence electrons. The van der Waals surface area contributed by atoms with Gasteiger partial charge in [0.05, 0.1) is 10.6 Å². The monoisotopic (exact) mass is 405 g/mol. The van der Waals surface area contributed by atoms with E-state index in [-0.39, 0.29) is 17.1 Å². The van der Waals surface area contributed by atoms with Crippen LogP contribution in [0.4, 0.5) is 0 Å². The molecule has 0 spiro atoms. The molecular formula is C19H23N3O3S2. The number of carbonyl (C=O) groups excluding carboxylic acids is 1. The second kappa shape index (κ2) is 9.48. The Bertz CT molecular complexity index is 882. The molecule has 27 heavy (non-hydrogen) atoms. The summed E-state index contributed by atoms with van der Waals surface area (Å²) in [7, 11) is -1.90. The smallest absolute Gasteiger partial charge is 0.239 e. The molecule has 0 saturated heterocycles. The standard InChI is InChI=1S/C19H23N3O3S2/c1-15-8-10-17(11-9-15)27(24,25)13-12-18(23)21-22(2)19(26)20-14-16-6-4-3-5-7-16/h3-11H,12-14H2,1-2H3,(H,20,26)(H,21,23). The fraction of sp³-hybridized carbons (Fsp3) is 0.263. The van der Waals surface area contributed by atoms with Gasteiger partial charge in [-0.05, 0) is 36.8 Å². The number of carbonyl (C=O) groups is 1. The van der Waals surface area contributed by atoms with Gasteiger partial charge in [-0.2, -0.15) is 0 Å². The van der Waals surface area contributed by atoms with Gasteiger partial charge >= 0.3 is 0 Å². The van der Waals surface area contributed by atoms with Crippen molar-refractivity contribution in [3.63, 3.8) is 0 Å². The van der Waals surface area contributed by atoms with Gasteiger partial charge in [-0.15, -0.1) is 0 Å². The van der Waals surface area contributed by atoms with Crippen LogP contribution in [0, 0.1) is 6.92 Å². The van der Waals surface area contributed by atoms with Crippen LogP contribution >= 0.6 is 12.2 Å². The third-order valence-electron chi connectivity index (χ3n) is 3.86. The number of aryl methyl sites for hydroxylation is 1. The van der Waals surface area contributed by atoms with Crippen LogP contribution in [0.2, 0.25) is 0 Å². The van der Waals surface area contributed by atoms with E-state index < -0.39 is 15.7 Å². The first-order chi connectivity index (χ1) is 12.8. The number of nitrogens with one attached hydrogen (secondary N) is 2. The van der Waals surface area contributed by atoms with E-state index in [1.54, 1.807) is 31.3 Å². The zero-order chi connectivity index (χ0) is 19.9. The minimum Gasteiger partial charge on any atom is -0.357 e. The van der Waals surface area contributed by atoms with Crippen LogP contribution in [0.15, 0.2) is 59.5 Å². The minimum absolute atomic E-state index is 0.151. The van der Waals surface area contributed by atoms with Crippen LogP contribution < -0.4 is 10.7 Å². The molecule has 6 nitrogen and oxygen atoms in total. The summed E-state index contributed by atoms with van der Waals surface area (Å²) in [6.45, 7) is 2.41. The summed E-state index contributed by atoms with van der Waals surface area (Å²) in [6.07, 6.45) is -0.151. The topological polar surface area (TPSA) is 78.5 Å². The van der Waals surface area contributed by atoms with Gasteiger partial charge in [0.25, 0.3) is 0 Å². The van der Waals surface area contributed by atoms with E-state index in [0.717, 1.165) is 11.1 Å². The van der Waals surface area contributed by atoms with Crippen molar-refractivity contribution < 1.29 is 13.2 Å². The second-order valence-corrected chi connectivity index (χ2v) is 8.62. The van der Waals surface area contributed by atoms with E-state index in [1.807, 2.05) is 37.3 Å². The molecule has 0 fully saturated rings. The molecule has 0 heterocycles. The zero-order valence-electron chi connectivity index (χ0n) is 15.3. The first-order valence-electron chi connectivity index (χ1n) is 8.42. The van der Waals surface area contributed by atoms with Crippen LogP contribution in [-0.2, 0) is 21.2 Å². The van der Waals surface area contributed by atoms with E-state index in [1.165, 1.54) is 5.01 Å². The number of sulfone groups is 1. The van der Waals surface area contributed by atoms with Crippen LogP contribution in [0.25, 0.3) is 0 Å². The molecular weight excluding hydrogens is 382 g/mol. The minimum atomic E-state index is -3.50. The summed E-state index contributed by atoms with van der Waals surface area (Å²) >= 11 is 5.22. The molecule has 0 unspecified atom stereocenters. The van der Waals surface area contributed by atoms with E-state index in [9.17, 15) is 13.2 Å². The highest BCUT2D eigenvalue weighted by Gasteiger charge is 2.17. The third kappa shape index (κ3) is 6.65.